The molecule has 0 aliphatic carbocycles. The standard InChI is InChI=1S/C15H22N2O2/c1-2-11-9-18-8-7-17(11)13-10-19-14-6-4-3-5-12(14)15(13)16/h3-6,11,13,15H,2,7-10,16H2,1H3. The highest BCUT2D eigenvalue weighted by Crippen LogP contribution is 2.33. The van der Waals surface area contributed by atoms with Gasteiger partial charge in [-0.1, -0.05) is 25.1 Å². The number of rotatable bonds is 2. The van der Waals surface area contributed by atoms with Crippen molar-refractivity contribution < 1.29 is 9.47 Å². The number of ether oxygens (including phenoxy) is 2. The van der Waals surface area contributed by atoms with Crippen LogP contribution in [0.3, 0.4) is 0 Å². The number of nitrogens with two attached hydrogens (primary N) is 1. The van der Waals surface area contributed by atoms with Crippen LogP contribution in [0.5, 0.6) is 5.75 Å². The van der Waals surface area contributed by atoms with Gasteiger partial charge in [0.15, 0.2) is 0 Å². The summed E-state index contributed by atoms with van der Waals surface area (Å²) in [5.41, 5.74) is 7.60. The fourth-order valence-corrected chi connectivity index (χ4v) is 3.13. The van der Waals surface area contributed by atoms with Crippen LogP contribution in [0, 0.1) is 0 Å². The lowest BCUT2D eigenvalue weighted by atomic mass is 9.94. The molecule has 0 radical (unpaired) electrons. The summed E-state index contributed by atoms with van der Waals surface area (Å²) in [5.74, 6) is 0.938. The van der Waals surface area contributed by atoms with Crippen molar-refractivity contribution in [2.75, 3.05) is 26.4 Å². The number of hydrogen-bond donors (Lipinski definition) is 1. The molecule has 0 amide bonds. The lowest BCUT2D eigenvalue weighted by molar-refractivity contribution is -0.0480. The summed E-state index contributed by atoms with van der Waals surface area (Å²) in [6.45, 7) is 5.43. The zero-order valence-electron chi connectivity index (χ0n) is 11.4. The molecule has 2 aliphatic rings. The van der Waals surface area contributed by atoms with E-state index in [1.807, 2.05) is 18.2 Å². The van der Waals surface area contributed by atoms with Crippen molar-refractivity contribution in [2.45, 2.75) is 31.5 Å². The van der Waals surface area contributed by atoms with Crippen LogP contribution in [0.15, 0.2) is 24.3 Å². The molecule has 3 rings (SSSR count). The van der Waals surface area contributed by atoms with Crippen molar-refractivity contribution in [1.82, 2.24) is 4.90 Å². The predicted molar refractivity (Wildman–Crippen MR) is 74.3 cm³/mol. The maximum atomic E-state index is 6.48. The molecule has 3 unspecified atom stereocenters. The van der Waals surface area contributed by atoms with Gasteiger partial charge in [0.1, 0.15) is 12.4 Å². The van der Waals surface area contributed by atoms with Gasteiger partial charge >= 0.3 is 0 Å². The average Bonchev–Trinajstić information content (AvgIpc) is 2.48. The fourth-order valence-electron chi connectivity index (χ4n) is 3.13. The molecule has 104 valence electrons. The van der Waals surface area contributed by atoms with E-state index in [2.05, 4.69) is 17.9 Å². The first kappa shape index (κ1) is 12.9. The summed E-state index contributed by atoms with van der Waals surface area (Å²) in [6.07, 6.45) is 1.09. The Labute approximate surface area is 114 Å². The van der Waals surface area contributed by atoms with Crippen molar-refractivity contribution in [3.05, 3.63) is 29.8 Å². The van der Waals surface area contributed by atoms with Crippen LogP contribution >= 0.6 is 0 Å². The first-order valence-corrected chi connectivity index (χ1v) is 7.12. The lowest BCUT2D eigenvalue weighted by Crippen LogP contribution is -2.57. The van der Waals surface area contributed by atoms with Crippen LogP contribution in [0.25, 0.3) is 0 Å². The Morgan fingerprint density at radius 3 is 3.00 bits per heavy atom. The molecule has 1 aromatic carbocycles. The Kier molecular flexibility index (Phi) is 3.73. The van der Waals surface area contributed by atoms with Gasteiger partial charge in [0.2, 0.25) is 0 Å². The van der Waals surface area contributed by atoms with Gasteiger partial charge in [0, 0.05) is 18.2 Å². The summed E-state index contributed by atoms with van der Waals surface area (Å²) in [4.78, 5) is 2.48. The van der Waals surface area contributed by atoms with E-state index in [0.29, 0.717) is 12.6 Å². The highest BCUT2D eigenvalue weighted by Gasteiger charge is 2.36. The van der Waals surface area contributed by atoms with Crippen LogP contribution in [-0.2, 0) is 4.74 Å². The molecule has 3 atom stereocenters. The van der Waals surface area contributed by atoms with Crippen LogP contribution in [0.1, 0.15) is 24.9 Å². The van der Waals surface area contributed by atoms with E-state index in [0.717, 1.165) is 37.5 Å². The molecule has 2 N–H and O–H groups in total. The van der Waals surface area contributed by atoms with Crippen molar-refractivity contribution in [3.63, 3.8) is 0 Å². The minimum absolute atomic E-state index is 0.0251. The van der Waals surface area contributed by atoms with Gasteiger partial charge in [0.25, 0.3) is 0 Å². The third-order valence-corrected chi connectivity index (χ3v) is 4.27. The number of fused-ring (bicyclic) bond motifs is 1. The maximum absolute atomic E-state index is 6.48. The number of hydrogen-bond acceptors (Lipinski definition) is 4. The molecule has 0 saturated carbocycles. The number of morpholine rings is 1. The van der Waals surface area contributed by atoms with Gasteiger partial charge in [-0.2, -0.15) is 0 Å². The monoisotopic (exact) mass is 262 g/mol. The van der Waals surface area contributed by atoms with Gasteiger partial charge in [-0.25, -0.2) is 0 Å². The topological polar surface area (TPSA) is 47.7 Å². The average molecular weight is 262 g/mol. The van der Waals surface area contributed by atoms with Crippen molar-refractivity contribution in [3.8, 4) is 5.75 Å². The zero-order chi connectivity index (χ0) is 13.2. The van der Waals surface area contributed by atoms with E-state index in [1.54, 1.807) is 0 Å². The predicted octanol–water partition coefficient (Wildman–Crippen LogP) is 1.56. The minimum atomic E-state index is 0.0251. The quantitative estimate of drug-likeness (QED) is 0.878. The molecular weight excluding hydrogens is 240 g/mol. The van der Waals surface area contributed by atoms with Gasteiger partial charge in [-0.3, -0.25) is 4.90 Å². The SMILES string of the molecule is CCC1COCCN1C1COc2ccccc2C1N. The van der Waals surface area contributed by atoms with E-state index in [-0.39, 0.29) is 12.1 Å². The fraction of sp³-hybridized carbons (Fsp3) is 0.600. The number of benzene rings is 1. The van der Waals surface area contributed by atoms with Crippen molar-refractivity contribution >= 4 is 0 Å². The smallest absolute Gasteiger partial charge is 0.124 e. The van der Waals surface area contributed by atoms with Crippen molar-refractivity contribution in [1.29, 1.82) is 0 Å². The first-order valence-electron chi connectivity index (χ1n) is 7.12. The van der Waals surface area contributed by atoms with Crippen LogP contribution in [0.2, 0.25) is 0 Å². The zero-order valence-corrected chi connectivity index (χ0v) is 11.4. The third kappa shape index (κ3) is 2.36. The Hall–Kier alpha value is -1.10. The van der Waals surface area contributed by atoms with Crippen LogP contribution in [0.4, 0.5) is 0 Å². The second-order valence-corrected chi connectivity index (χ2v) is 5.32. The summed E-state index contributed by atoms with van der Waals surface area (Å²) < 4.78 is 11.5. The van der Waals surface area contributed by atoms with E-state index >= 15 is 0 Å². The van der Waals surface area contributed by atoms with Crippen molar-refractivity contribution in [2.24, 2.45) is 5.73 Å². The molecule has 1 saturated heterocycles. The lowest BCUT2D eigenvalue weighted by Gasteiger charge is -2.44. The van der Waals surface area contributed by atoms with Gasteiger partial charge in [-0.15, -0.1) is 0 Å². The summed E-state index contributed by atoms with van der Waals surface area (Å²) in [5, 5.41) is 0. The number of nitrogens with zero attached hydrogens (tertiary/aromatic N) is 1. The van der Waals surface area contributed by atoms with Gasteiger partial charge < -0.3 is 15.2 Å². The Bertz CT molecular complexity index is 438. The normalized spacial score (nSPS) is 31.6. The maximum Gasteiger partial charge on any atom is 0.124 e. The molecule has 4 heteroatoms. The van der Waals surface area contributed by atoms with E-state index in [1.165, 1.54) is 0 Å². The Morgan fingerprint density at radius 1 is 1.32 bits per heavy atom. The molecule has 2 aliphatic heterocycles. The molecule has 0 aromatic heterocycles. The second-order valence-electron chi connectivity index (χ2n) is 5.32. The largest absolute Gasteiger partial charge is 0.492 e. The Balaban J connectivity index is 1.82. The molecule has 0 bridgehead atoms. The second kappa shape index (κ2) is 5.49. The molecule has 0 spiro atoms. The summed E-state index contributed by atoms with van der Waals surface area (Å²) in [7, 11) is 0. The molecular formula is C15H22N2O2. The molecule has 4 nitrogen and oxygen atoms in total. The van der Waals surface area contributed by atoms with E-state index < -0.39 is 0 Å². The van der Waals surface area contributed by atoms with Crippen LogP contribution < -0.4 is 10.5 Å². The third-order valence-electron chi connectivity index (χ3n) is 4.27. The van der Waals surface area contributed by atoms with E-state index in [9.17, 15) is 0 Å². The van der Waals surface area contributed by atoms with E-state index in [4.69, 9.17) is 15.2 Å². The first-order chi connectivity index (χ1) is 9.31. The number of para-hydroxylation sites is 1. The Morgan fingerprint density at radius 2 is 2.16 bits per heavy atom. The summed E-state index contributed by atoms with van der Waals surface area (Å²) >= 11 is 0. The highest BCUT2D eigenvalue weighted by atomic mass is 16.5. The molecule has 19 heavy (non-hydrogen) atoms. The molecule has 1 fully saturated rings. The highest BCUT2D eigenvalue weighted by molar-refractivity contribution is 5.38. The van der Waals surface area contributed by atoms with Gasteiger partial charge in [-0.05, 0) is 12.5 Å². The molecule has 1 aromatic rings. The summed E-state index contributed by atoms with van der Waals surface area (Å²) in [6, 6.07) is 8.84. The van der Waals surface area contributed by atoms with Gasteiger partial charge in [0.05, 0.1) is 25.3 Å². The van der Waals surface area contributed by atoms with Crippen LogP contribution in [-0.4, -0.2) is 43.3 Å². The minimum Gasteiger partial charge on any atom is -0.492 e. The molecule has 2 heterocycles.